The molecule has 4 amide bonds. The quantitative estimate of drug-likeness (QED) is 0.142. The lowest BCUT2D eigenvalue weighted by Crippen LogP contribution is -2.53. The normalized spacial score (nSPS) is 18.3. The van der Waals surface area contributed by atoms with E-state index < -0.39 is 24.3 Å². The Labute approximate surface area is 345 Å². The Bertz CT molecular complexity index is 2370. The van der Waals surface area contributed by atoms with Crippen LogP contribution >= 0.6 is 0 Å². The van der Waals surface area contributed by atoms with Gasteiger partial charge in [0.1, 0.15) is 17.9 Å². The molecule has 4 atom stereocenters. The average molecular weight is 800 g/mol. The molecule has 308 valence electrons. The molecule has 13 heteroatoms. The van der Waals surface area contributed by atoms with Gasteiger partial charge in [0.05, 0.1) is 43.9 Å². The predicted molar refractivity (Wildman–Crippen MR) is 227 cm³/mol. The fourth-order valence-electron chi connectivity index (χ4n) is 8.71. The van der Waals surface area contributed by atoms with Crippen LogP contribution in [0.1, 0.15) is 83.3 Å². The summed E-state index contributed by atoms with van der Waals surface area (Å²) in [6.45, 7) is 10.7. The molecule has 1 aromatic heterocycles. The molecule has 4 aromatic rings. The maximum atomic E-state index is 13.8. The van der Waals surface area contributed by atoms with Crippen molar-refractivity contribution in [3.05, 3.63) is 71.7 Å². The molecule has 0 radical (unpaired) electrons. The van der Waals surface area contributed by atoms with E-state index in [2.05, 4.69) is 76.0 Å². The van der Waals surface area contributed by atoms with Crippen molar-refractivity contribution in [2.45, 2.75) is 90.9 Å². The van der Waals surface area contributed by atoms with E-state index in [1.54, 1.807) is 6.20 Å². The molecule has 13 nitrogen and oxygen atoms in total. The van der Waals surface area contributed by atoms with E-state index in [1.807, 2.05) is 44.4 Å². The lowest BCUT2D eigenvalue weighted by Gasteiger charge is -2.30. The van der Waals surface area contributed by atoms with Gasteiger partial charge in [-0.15, -0.1) is 5.92 Å². The highest BCUT2D eigenvalue weighted by Gasteiger charge is 2.40. The first-order valence-corrected chi connectivity index (χ1v) is 20.5. The third-order valence-corrected chi connectivity index (χ3v) is 11.8. The highest BCUT2D eigenvalue weighted by Crippen LogP contribution is 2.39. The standard InChI is InChI=1S/C46H53N7O6/c1-8-11-28-23-31(37-25-47-42(49-37)39-13-10-21-53(39)44(55)41(27(4)5)51-46(57)59-7)15-17-32(28)29-14-18-33-30(22-29)16-19-35-34(33)24-36(48-35)38-12-9-20-52(38)43(54)40(26(2)3)50-45(56)58-6/h14-19,22-23,25-27,38-41H,9-10,12-13,20-21,24H2,1-7H3,(H,47,49)(H,50,56)(H,51,57)/t38-,39-,40-,41-/m0/s1. The summed E-state index contributed by atoms with van der Waals surface area (Å²) in [6.07, 6.45) is 4.51. The summed E-state index contributed by atoms with van der Waals surface area (Å²) in [5, 5.41) is 7.66. The van der Waals surface area contributed by atoms with Crippen LogP contribution in [0.2, 0.25) is 0 Å². The third-order valence-electron chi connectivity index (χ3n) is 11.8. The minimum atomic E-state index is -0.705. The van der Waals surface area contributed by atoms with Crippen LogP contribution in [0.25, 0.3) is 33.2 Å². The van der Waals surface area contributed by atoms with E-state index in [-0.39, 0.29) is 35.7 Å². The smallest absolute Gasteiger partial charge is 0.407 e. The lowest BCUT2D eigenvalue weighted by molar-refractivity contribution is -0.135. The number of aliphatic imine (C=N–C) groups is 1. The van der Waals surface area contributed by atoms with Gasteiger partial charge in [-0.3, -0.25) is 14.6 Å². The maximum absolute atomic E-state index is 13.8. The van der Waals surface area contributed by atoms with Crippen molar-refractivity contribution in [2.75, 3.05) is 27.3 Å². The molecule has 3 N–H and O–H groups in total. The van der Waals surface area contributed by atoms with Gasteiger partial charge in [-0.2, -0.15) is 0 Å². The molecule has 2 saturated heterocycles. The second-order valence-electron chi connectivity index (χ2n) is 16.2. The molecule has 4 heterocycles. The van der Waals surface area contributed by atoms with Crippen LogP contribution in [0, 0.1) is 23.7 Å². The van der Waals surface area contributed by atoms with Gasteiger partial charge in [-0.1, -0.05) is 63.9 Å². The molecule has 3 aliphatic heterocycles. The van der Waals surface area contributed by atoms with Crippen LogP contribution in [-0.2, 0) is 25.5 Å². The zero-order valence-electron chi connectivity index (χ0n) is 34.8. The van der Waals surface area contributed by atoms with Gasteiger partial charge in [-0.05, 0) is 90.1 Å². The van der Waals surface area contributed by atoms with Crippen molar-refractivity contribution in [2.24, 2.45) is 16.8 Å². The predicted octanol–water partition coefficient (Wildman–Crippen LogP) is 7.31. The van der Waals surface area contributed by atoms with Crippen molar-refractivity contribution < 1.29 is 28.7 Å². The van der Waals surface area contributed by atoms with Gasteiger partial charge in [0.25, 0.3) is 0 Å². The minimum Gasteiger partial charge on any atom is -0.453 e. The molecule has 2 fully saturated rings. The number of likely N-dealkylation sites (tertiary alicyclic amines) is 2. The first-order valence-electron chi connectivity index (χ1n) is 20.5. The van der Waals surface area contributed by atoms with E-state index in [9.17, 15) is 19.2 Å². The zero-order chi connectivity index (χ0) is 42.0. The van der Waals surface area contributed by atoms with Crippen LogP contribution < -0.4 is 10.6 Å². The number of fused-ring (bicyclic) bond motifs is 3. The summed E-state index contributed by atoms with van der Waals surface area (Å²) in [5.41, 5.74) is 7.73. The van der Waals surface area contributed by atoms with E-state index in [0.29, 0.717) is 25.3 Å². The Balaban J connectivity index is 1.10. The number of alkyl carbamates (subject to hydrolysis) is 2. The summed E-state index contributed by atoms with van der Waals surface area (Å²) < 4.78 is 9.58. The number of carbonyl (C=O) groups is 4. The first-order chi connectivity index (χ1) is 28.4. The monoisotopic (exact) mass is 799 g/mol. The van der Waals surface area contributed by atoms with E-state index in [0.717, 1.165) is 81.4 Å². The van der Waals surface area contributed by atoms with Crippen LogP contribution in [0.3, 0.4) is 0 Å². The number of hydrogen-bond donors (Lipinski definition) is 3. The van der Waals surface area contributed by atoms with Crippen molar-refractivity contribution in [1.82, 2.24) is 30.4 Å². The van der Waals surface area contributed by atoms with Gasteiger partial charge < -0.3 is 34.9 Å². The van der Waals surface area contributed by atoms with Gasteiger partial charge in [0.2, 0.25) is 11.8 Å². The number of H-pyrrole nitrogens is 1. The summed E-state index contributed by atoms with van der Waals surface area (Å²) in [5.74, 6) is 6.63. The number of imidazole rings is 1. The molecule has 0 saturated carbocycles. The number of ether oxygens (including phenoxy) is 2. The number of nitrogens with zero attached hydrogens (tertiary/aromatic N) is 4. The minimum absolute atomic E-state index is 0.100. The Morgan fingerprint density at radius 2 is 1.44 bits per heavy atom. The number of nitrogens with one attached hydrogen (secondary N) is 3. The molecule has 0 bridgehead atoms. The largest absolute Gasteiger partial charge is 0.453 e. The Hall–Kier alpha value is -6.16. The Kier molecular flexibility index (Phi) is 12.1. The number of carbonyl (C=O) groups excluding carboxylic acids is 4. The Morgan fingerprint density at radius 1 is 0.814 bits per heavy atom. The number of rotatable bonds is 10. The number of hydrogen-bond acceptors (Lipinski definition) is 8. The number of methoxy groups -OCH3 is 2. The first kappa shape index (κ1) is 41.0. The van der Waals surface area contributed by atoms with Crippen LogP contribution in [-0.4, -0.2) is 94.9 Å². The second-order valence-corrected chi connectivity index (χ2v) is 16.2. The summed E-state index contributed by atoms with van der Waals surface area (Å²) in [7, 11) is 2.59. The van der Waals surface area contributed by atoms with Gasteiger partial charge in [-0.25, -0.2) is 14.6 Å². The van der Waals surface area contributed by atoms with Crippen molar-refractivity contribution in [1.29, 1.82) is 0 Å². The topological polar surface area (TPSA) is 158 Å². The molecule has 3 aromatic carbocycles. The molecule has 7 rings (SSSR count). The molecule has 0 aliphatic carbocycles. The van der Waals surface area contributed by atoms with E-state index >= 15 is 0 Å². The molecule has 3 aliphatic rings. The second kappa shape index (κ2) is 17.4. The SMILES string of the molecule is CC#Cc1cc(-c2cnc([C@@H]3CCCN3C(=O)[C@@H](NC(=O)OC)C(C)C)[nH]2)ccc1-c1ccc2c3c(ccc2c1)N=C([C@@H]1CCCN1C(=O)[C@@H](NC(=O)OC)C(C)C)C3. The van der Waals surface area contributed by atoms with E-state index in [4.69, 9.17) is 19.5 Å². The molecule has 0 unspecified atom stereocenters. The van der Waals surface area contributed by atoms with Crippen molar-refractivity contribution in [3.8, 4) is 34.2 Å². The maximum Gasteiger partial charge on any atom is 0.407 e. The van der Waals surface area contributed by atoms with Gasteiger partial charge in [0.15, 0.2) is 0 Å². The van der Waals surface area contributed by atoms with E-state index in [1.165, 1.54) is 14.2 Å². The van der Waals surface area contributed by atoms with Crippen molar-refractivity contribution in [3.63, 3.8) is 0 Å². The van der Waals surface area contributed by atoms with Gasteiger partial charge >= 0.3 is 12.2 Å². The third kappa shape index (κ3) is 8.26. The fraction of sp³-hybridized carbons (Fsp3) is 0.435. The number of aromatic nitrogens is 2. The molecular weight excluding hydrogens is 747 g/mol. The van der Waals surface area contributed by atoms with Crippen molar-refractivity contribution >= 4 is 46.2 Å². The van der Waals surface area contributed by atoms with Crippen LogP contribution in [0.4, 0.5) is 15.3 Å². The highest BCUT2D eigenvalue weighted by molar-refractivity contribution is 6.06. The number of benzene rings is 3. The zero-order valence-corrected chi connectivity index (χ0v) is 34.8. The summed E-state index contributed by atoms with van der Waals surface area (Å²) in [4.78, 5) is 68.5. The summed E-state index contributed by atoms with van der Waals surface area (Å²) >= 11 is 0. The number of amides is 4. The molecular formula is C46H53N7O6. The lowest BCUT2D eigenvalue weighted by atomic mass is 9.92. The highest BCUT2D eigenvalue weighted by atomic mass is 16.5. The van der Waals surface area contributed by atoms with Crippen LogP contribution in [0.5, 0.6) is 0 Å². The Morgan fingerprint density at radius 3 is 2.07 bits per heavy atom. The van der Waals surface area contributed by atoms with Crippen LogP contribution in [0.15, 0.2) is 59.7 Å². The van der Waals surface area contributed by atoms with Gasteiger partial charge in [0, 0.05) is 36.3 Å². The molecule has 59 heavy (non-hydrogen) atoms. The summed E-state index contributed by atoms with van der Waals surface area (Å²) in [6, 6.07) is 15.1. The average Bonchev–Trinajstić information content (AvgIpc) is 4.07. The number of aromatic amines is 1. The molecule has 0 spiro atoms. The fourth-order valence-corrected chi connectivity index (χ4v) is 8.71.